The molecule has 0 aliphatic carbocycles. The first-order chi connectivity index (χ1) is 19.9. The van der Waals surface area contributed by atoms with E-state index in [1.54, 1.807) is 108 Å². The van der Waals surface area contributed by atoms with Crippen molar-refractivity contribution in [2.24, 2.45) is 0 Å². The topological polar surface area (TPSA) is 95.0 Å². The Morgan fingerprint density at radius 1 is 0.833 bits per heavy atom. The monoisotopic (exact) mass is 566 g/mol. The van der Waals surface area contributed by atoms with Gasteiger partial charge < -0.3 is 14.2 Å². The van der Waals surface area contributed by atoms with Crippen LogP contribution in [0.25, 0.3) is 11.1 Å². The molecule has 3 aromatic carbocycles. The highest BCUT2D eigenvalue weighted by Gasteiger charge is 2.30. The van der Waals surface area contributed by atoms with Gasteiger partial charge in [0.25, 0.3) is 0 Å². The van der Waals surface area contributed by atoms with Gasteiger partial charge in [0, 0.05) is 28.5 Å². The van der Waals surface area contributed by atoms with E-state index in [9.17, 15) is 14.4 Å². The first kappa shape index (κ1) is 30.0. The Balaban J connectivity index is 2.04. The number of esters is 1. The third-order valence-electron chi connectivity index (χ3n) is 6.52. The molecule has 0 spiro atoms. The molecule has 1 heterocycles. The molecule has 216 valence electrons. The minimum absolute atomic E-state index is 0.260. The number of ketones is 1. The number of carbonyl (C=O) groups excluding carboxylic acids is 3. The van der Waals surface area contributed by atoms with Gasteiger partial charge in [-0.1, -0.05) is 48.5 Å². The van der Waals surface area contributed by atoms with Crippen LogP contribution in [-0.4, -0.2) is 42.7 Å². The number of aromatic nitrogens is 1. The molecule has 0 atom stereocenters. The van der Waals surface area contributed by atoms with Crippen LogP contribution in [0.2, 0.25) is 0 Å². The highest BCUT2D eigenvalue weighted by Crippen LogP contribution is 2.38. The fraction of sp³-hybridized carbons (Fsp3) is 0.235. The predicted molar refractivity (Wildman–Crippen MR) is 162 cm³/mol. The summed E-state index contributed by atoms with van der Waals surface area (Å²) in [7, 11) is 2.86. The molecule has 0 saturated carbocycles. The van der Waals surface area contributed by atoms with Gasteiger partial charge in [0.2, 0.25) is 0 Å². The van der Waals surface area contributed by atoms with Gasteiger partial charge in [-0.2, -0.15) is 0 Å². The number of methoxy groups -OCH3 is 2. The van der Waals surface area contributed by atoms with Crippen molar-refractivity contribution < 1.29 is 28.6 Å². The Bertz CT molecular complexity index is 1640. The standard InChI is InChI=1S/C34H34N2O6/c1-21-20-35-31(22(2)30(21)40-6)36(33(39)42-34(3,4)5)26-18-24(27-15-11-12-16-28(27)32(38)41-7)17-25(19-26)29(37)23-13-9-8-10-14-23/h8-20H,1-7H3. The number of aryl methyl sites for hydroxylation is 1. The molecule has 0 unspecified atom stereocenters. The second kappa shape index (κ2) is 12.3. The summed E-state index contributed by atoms with van der Waals surface area (Å²) in [5.41, 5.74) is 3.05. The van der Waals surface area contributed by atoms with Crippen LogP contribution < -0.4 is 9.64 Å². The van der Waals surface area contributed by atoms with Gasteiger partial charge >= 0.3 is 12.1 Å². The second-order valence-corrected chi connectivity index (χ2v) is 10.7. The zero-order chi connectivity index (χ0) is 30.6. The normalized spacial score (nSPS) is 11.0. The van der Waals surface area contributed by atoms with Crippen LogP contribution in [0.3, 0.4) is 0 Å². The van der Waals surface area contributed by atoms with Gasteiger partial charge in [0.1, 0.15) is 17.2 Å². The Labute approximate surface area is 245 Å². The molecule has 0 N–H and O–H groups in total. The van der Waals surface area contributed by atoms with E-state index in [2.05, 4.69) is 4.98 Å². The number of carbonyl (C=O) groups is 3. The Morgan fingerprint density at radius 2 is 1.50 bits per heavy atom. The minimum atomic E-state index is -0.824. The molecule has 8 nitrogen and oxygen atoms in total. The van der Waals surface area contributed by atoms with Crippen molar-refractivity contribution in [2.75, 3.05) is 19.1 Å². The highest BCUT2D eigenvalue weighted by atomic mass is 16.6. The number of nitrogens with zero attached hydrogens (tertiary/aromatic N) is 2. The molecule has 0 aliphatic heterocycles. The maximum absolute atomic E-state index is 13.9. The maximum atomic E-state index is 13.9. The van der Waals surface area contributed by atoms with E-state index >= 15 is 0 Å². The molecule has 1 aromatic heterocycles. The lowest BCUT2D eigenvalue weighted by Crippen LogP contribution is -2.35. The van der Waals surface area contributed by atoms with Gasteiger partial charge in [-0.15, -0.1) is 0 Å². The van der Waals surface area contributed by atoms with Crippen LogP contribution in [0.4, 0.5) is 16.3 Å². The number of hydrogen-bond acceptors (Lipinski definition) is 7. The van der Waals surface area contributed by atoms with Crippen molar-refractivity contribution in [1.29, 1.82) is 0 Å². The molecular weight excluding hydrogens is 532 g/mol. The van der Waals surface area contributed by atoms with Crippen LogP contribution in [0, 0.1) is 13.8 Å². The average molecular weight is 567 g/mol. The third kappa shape index (κ3) is 6.33. The van der Waals surface area contributed by atoms with E-state index in [0.717, 1.165) is 5.56 Å². The molecule has 1 amide bonds. The quantitative estimate of drug-likeness (QED) is 0.169. The predicted octanol–water partition coefficient (Wildman–Crippen LogP) is 7.46. The molecule has 4 rings (SSSR count). The average Bonchev–Trinajstić information content (AvgIpc) is 2.97. The summed E-state index contributed by atoms with van der Waals surface area (Å²) in [6, 6.07) is 20.8. The van der Waals surface area contributed by atoms with Crippen molar-refractivity contribution in [3.63, 3.8) is 0 Å². The lowest BCUT2D eigenvalue weighted by Gasteiger charge is -2.29. The van der Waals surface area contributed by atoms with E-state index in [1.165, 1.54) is 12.0 Å². The molecule has 4 aromatic rings. The Hall–Kier alpha value is -4.98. The van der Waals surface area contributed by atoms with Crippen LogP contribution in [-0.2, 0) is 9.47 Å². The van der Waals surface area contributed by atoms with Gasteiger partial charge in [-0.3, -0.25) is 4.79 Å². The Kier molecular flexibility index (Phi) is 8.76. The van der Waals surface area contributed by atoms with Gasteiger partial charge in [-0.25, -0.2) is 19.5 Å². The summed E-state index contributed by atoms with van der Waals surface area (Å²) in [6.45, 7) is 8.98. The summed E-state index contributed by atoms with van der Waals surface area (Å²) < 4.78 is 16.5. The van der Waals surface area contributed by atoms with Crippen LogP contribution in [0.1, 0.15) is 58.2 Å². The van der Waals surface area contributed by atoms with Crippen LogP contribution in [0.5, 0.6) is 5.75 Å². The van der Waals surface area contributed by atoms with E-state index < -0.39 is 17.7 Å². The van der Waals surface area contributed by atoms with Crippen molar-refractivity contribution in [3.8, 4) is 16.9 Å². The summed E-state index contributed by atoms with van der Waals surface area (Å²) in [5, 5.41) is 0. The zero-order valence-corrected chi connectivity index (χ0v) is 24.8. The van der Waals surface area contributed by atoms with Gasteiger partial charge in [0.05, 0.1) is 25.5 Å². The summed E-state index contributed by atoms with van der Waals surface area (Å²) in [6.07, 6.45) is 0.922. The SMILES string of the molecule is COC(=O)c1ccccc1-c1cc(C(=O)c2ccccc2)cc(N(C(=O)OC(C)(C)C)c2ncc(C)c(OC)c2C)c1. The lowest BCUT2D eigenvalue weighted by atomic mass is 9.94. The number of pyridine rings is 1. The number of ether oxygens (including phenoxy) is 3. The highest BCUT2D eigenvalue weighted by molar-refractivity contribution is 6.11. The smallest absolute Gasteiger partial charge is 0.420 e. The van der Waals surface area contributed by atoms with Crippen molar-refractivity contribution in [2.45, 2.75) is 40.2 Å². The maximum Gasteiger partial charge on any atom is 0.420 e. The third-order valence-corrected chi connectivity index (χ3v) is 6.52. The van der Waals surface area contributed by atoms with E-state index in [4.69, 9.17) is 14.2 Å². The number of benzene rings is 3. The summed E-state index contributed by atoms with van der Waals surface area (Å²) in [5.74, 6) is 0.0609. The second-order valence-electron chi connectivity index (χ2n) is 10.7. The van der Waals surface area contributed by atoms with Crippen molar-refractivity contribution >= 4 is 29.4 Å². The molecular formula is C34H34N2O6. The molecule has 42 heavy (non-hydrogen) atoms. The van der Waals surface area contributed by atoms with Crippen LogP contribution >= 0.6 is 0 Å². The van der Waals surface area contributed by atoms with Crippen molar-refractivity contribution in [1.82, 2.24) is 4.98 Å². The fourth-order valence-electron chi connectivity index (χ4n) is 4.68. The molecule has 0 radical (unpaired) electrons. The number of amides is 1. The molecule has 8 heteroatoms. The zero-order valence-electron chi connectivity index (χ0n) is 24.8. The lowest BCUT2D eigenvalue weighted by molar-refractivity contribution is 0.0589. The molecule has 0 aliphatic rings. The van der Waals surface area contributed by atoms with E-state index in [-0.39, 0.29) is 11.6 Å². The summed E-state index contributed by atoms with van der Waals surface area (Å²) in [4.78, 5) is 46.3. The number of hydrogen-bond donors (Lipinski definition) is 0. The van der Waals surface area contributed by atoms with Gasteiger partial charge in [0.15, 0.2) is 5.78 Å². The summed E-state index contributed by atoms with van der Waals surface area (Å²) >= 11 is 0. The van der Waals surface area contributed by atoms with Gasteiger partial charge in [-0.05, 0) is 70.0 Å². The Morgan fingerprint density at radius 3 is 2.14 bits per heavy atom. The minimum Gasteiger partial charge on any atom is -0.496 e. The number of anilines is 2. The molecule has 0 bridgehead atoms. The number of rotatable bonds is 7. The largest absolute Gasteiger partial charge is 0.496 e. The first-order valence-corrected chi connectivity index (χ1v) is 13.4. The van der Waals surface area contributed by atoms with E-state index in [0.29, 0.717) is 44.8 Å². The first-order valence-electron chi connectivity index (χ1n) is 13.4. The van der Waals surface area contributed by atoms with Crippen LogP contribution in [0.15, 0.2) is 79.0 Å². The molecule has 0 saturated heterocycles. The van der Waals surface area contributed by atoms with E-state index in [1.807, 2.05) is 13.0 Å². The molecule has 0 fully saturated rings. The fourth-order valence-corrected chi connectivity index (χ4v) is 4.68. The van der Waals surface area contributed by atoms with Crippen molar-refractivity contribution in [3.05, 3.63) is 107 Å².